The molecule has 1 saturated carbocycles. The Morgan fingerprint density at radius 1 is 1.39 bits per heavy atom. The predicted molar refractivity (Wildman–Crippen MR) is 86.8 cm³/mol. The molecule has 122 valence electrons. The quantitative estimate of drug-likeness (QED) is 0.583. The Morgan fingerprint density at radius 3 is 2.57 bits per heavy atom. The van der Waals surface area contributed by atoms with Crippen LogP contribution in [0, 0.1) is 10.8 Å². The number of hydrogen-bond donors (Lipinski definition) is 3. The van der Waals surface area contributed by atoms with Gasteiger partial charge in [-0.25, -0.2) is 0 Å². The van der Waals surface area contributed by atoms with E-state index >= 15 is 0 Å². The number of carbonyl (C=O) groups is 2. The van der Waals surface area contributed by atoms with E-state index in [0.29, 0.717) is 5.56 Å². The summed E-state index contributed by atoms with van der Waals surface area (Å²) < 4.78 is 0. The van der Waals surface area contributed by atoms with Gasteiger partial charge < -0.3 is 10.6 Å². The number of hydrogen-bond acceptors (Lipinski definition) is 3. The van der Waals surface area contributed by atoms with Crippen LogP contribution in [0.4, 0.5) is 0 Å². The van der Waals surface area contributed by atoms with E-state index in [2.05, 4.69) is 5.32 Å². The average molecular weight is 314 g/mol. The Balaban J connectivity index is 2.14. The third-order valence-electron chi connectivity index (χ3n) is 5.33. The standard InChI is InChI=1S/C17H22N4O2/c1-16(2,14(23)20-15(18)19)17(3)12-7-5-4-6-11(12)13(22)21(17)10-8-9-10/h4-7,10H,8-9H2,1-3H3,(H4,18,19,20,23). The lowest BCUT2D eigenvalue weighted by atomic mass is 9.68. The molecule has 1 aliphatic heterocycles. The van der Waals surface area contributed by atoms with Crippen molar-refractivity contribution in [1.82, 2.24) is 10.2 Å². The van der Waals surface area contributed by atoms with Gasteiger partial charge in [0.05, 0.1) is 11.0 Å². The van der Waals surface area contributed by atoms with Crippen molar-refractivity contribution < 1.29 is 9.59 Å². The molecule has 23 heavy (non-hydrogen) atoms. The van der Waals surface area contributed by atoms with Gasteiger partial charge >= 0.3 is 0 Å². The minimum atomic E-state index is -0.941. The first kappa shape index (κ1) is 15.5. The number of nitrogens with zero attached hydrogens (tertiary/aromatic N) is 1. The summed E-state index contributed by atoms with van der Waals surface area (Å²) in [7, 11) is 0. The third-order valence-corrected chi connectivity index (χ3v) is 5.33. The van der Waals surface area contributed by atoms with Crippen LogP contribution in [0.1, 0.15) is 49.5 Å². The molecule has 4 N–H and O–H groups in total. The van der Waals surface area contributed by atoms with Crippen LogP contribution in [-0.4, -0.2) is 28.7 Å². The van der Waals surface area contributed by atoms with E-state index in [1.54, 1.807) is 13.8 Å². The summed E-state index contributed by atoms with van der Waals surface area (Å²) >= 11 is 0. The molecule has 1 atom stereocenters. The van der Waals surface area contributed by atoms with Crippen LogP contribution in [0.15, 0.2) is 24.3 Å². The molecule has 0 radical (unpaired) electrons. The molecule has 0 saturated heterocycles. The Morgan fingerprint density at radius 2 is 2.00 bits per heavy atom. The SMILES string of the molecule is CC(C)(C(=O)NC(=N)N)C1(C)c2ccccc2C(=O)N1C1CC1. The molecular weight excluding hydrogens is 292 g/mol. The molecule has 0 aromatic heterocycles. The molecule has 1 heterocycles. The Bertz CT molecular complexity index is 708. The van der Waals surface area contributed by atoms with Gasteiger partial charge in [0, 0.05) is 11.6 Å². The van der Waals surface area contributed by atoms with Crippen LogP contribution in [0.3, 0.4) is 0 Å². The largest absolute Gasteiger partial charge is 0.370 e. The predicted octanol–water partition coefficient (Wildman–Crippen LogP) is 1.56. The second-order valence-corrected chi connectivity index (χ2v) is 7.02. The highest BCUT2D eigenvalue weighted by Crippen LogP contribution is 2.54. The highest BCUT2D eigenvalue weighted by molar-refractivity contribution is 6.03. The smallest absolute Gasteiger partial charge is 0.255 e. The number of carbonyl (C=O) groups excluding carboxylic acids is 2. The Hall–Kier alpha value is -2.37. The summed E-state index contributed by atoms with van der Waals surface area (Å²) in [6.45, 7) is 5.54. The lowest BCUT2D eigenvalue weighted by Crippen LogP contribution is -2.59. The first-order chi connectivity index (χ1) is 10.7. The van der Waals surface area contributed by atoms with Crippen LogP contribution in [0.25, 0.3) is 0 Å². The van der Waals surface area contributed by atoms with Crippen LogP contribution in [0.2, 0.25) is 0 Å². The lowest BCUT2D eigenvalue weighted by molar-refractivity contribution is -0.135. The zero-order valence-electron chi connectivity index (χ0n) is 13.6. The number of fused-ring (bicyclic) bond motifs is 1. The number of amides is 2. The Labute approximate surface area is 135 Å². The normalized spacial score (nSPS) is 23.6. The number of benzene rings is 1. The summed E-state index contributed by atoms with van der Waals surface area (Å²) in [5.74, 6) is -0.765. The first-order valence-corrected chi connectivity index (χ1v) is 7.80. The molecule has 1 aromatic carbocycles. The van der Waals surface area contributed by atoms with Crippen LogP contribution in [-0.2, 0) is 10.3 Å². The monoisotopic (exact) mass is 314 g/mol. The van der Waals surface area contributed by atoms with Crippen LogP contribution >= 0.6 is 0 Å². The van der Waals surface area contributed by atoms with Crippen molar-refractivity contribution >= 4 is 17.8 Å². The van der Waals surface area contributed by atoms with E-state index in [9.17, 15) is 9.59 Å². The molecule has 0 spiro atoms. The third kappa shape index (κ3) is 2.04. The summed E-state index contributed by atoms with van der Waals surface area (Å²) in [4.78, 5) is 27.5. The maximum Gasteiger partial charge on any atom is 0.255 e. The van der Waals surface area contributed by atoms with Crippen molar-refractivity contribution in [3.63, 3.8) is 0 Å². The van der Waals surface area contributed by atoms with E-state index in [0.717, 1.165) is 18.4 Å². The molecule has 3 rings (SSSR count). The minimum absolute atomic E-state index is 0.0192. The summed E-state index contributed by atoms with van der Waals surface area (Å²) in [5, 5.41) is 9.73. The van der Waals surface area contributed by atoms with Crippen LogP contribution < -0.4 is 11.1 Å². The van der Waals surface area contributed by atoms with E-state index in [4.69, 9.17) is 11.1 Å². The maximum atomic E-state index is 12.9. The fourth-order valence-electron chi connectivity index (χ4n) is 3.56. The van der Waals surface area contributed by atoms with E-state index < -0.39 is 11.0 Å². The van der Waals surface area contributed by atoms with Gasteiger partial charge in [0.25, 0.3) is 5.91 Å². The Kier molecular flexibility index (Phi) is 3.25. The zero-order valence-corrected chi connectivity index (χ0v) is 13.6. The van der Waals surface area contributed by atoms with Crippen molar-refractivity contribution in [3.05, 3.63) is 35.4 Å². The topological polar surface area (TPSA) is 99.3 Å². The highest BCUT2D eigenvalue weighted by atomic mass is 16.2. The lowest BCUT2D eigenvalue weighted by Gasteiger charge is -2.47. The van der Waals surface area contributed by atoms with Gasteiger partial charge in [-0.15, -0.1) is 0 Å². The fraction of sp³-hybridized carbons (Fsp3) is 0.471. The number of rotatable bonds is 3. The molecule has 1 aromatic rings. The summed E-state index contributed by atoms with van der Waals surface area (Å²) in [5.41, 5.74) is 5.13. The molecular formula is C17H22N4O2. The molecule has 2 amide bonds. The number of nitrogens with one attached hydrogen (secondary N) is 2. The molecule has 2 aliphatic rings. The van der Waals surface area contributed by atoms with Crippen molar-refractivity contribution in [2.75, 3.05) is 0 Å². The number of nitrogens with two attached hydrogens (primary N) is 1. The molecule has 1 aliphatic carbocycles. The number of guanidine groups is 1. The van der Waals surface area contributed by atoms with Gasteiger partial charge in [-0.2, -0.15) is 0 Å². The van der Waals surface area contributed by atoms with Crippen molar-refractivity contribution in [1.29, 1.82) is 5.41 Å². The van der Waals surface area contributed by atoms with E-state index in [1.165, 1.54) is 0 Å². The van der Waals surface area contributed by atoms with Gasteiger partial charge in [0.1, 0.15) is 0 Å². The molecule has 1 unspecified atom stereocenters. The first-order valence-electron chi connectivity index (χ1n) is 7.80. The van der Waals surface area contributed by atoms with Crippen molar-refractivity contribution in [3.8, 4) is 0 Å². The molecule has 6 nitrogen and oxygen atoms in total. The highest BCUT2D eigenvalue weighted by Gasteiger charge is 2.61. The van der Waals surface area contributed by atoms with Gasteiger partial charge in [-0.05, 0) is 45.2 Å². The fourth-order valence-corrected chi connectivity index (χ4v) is 3.56. The van der Waals surface area contributed by atoms with Crippen molar-refractivity contribution in [2.45, 2.75) is 45.2 Å². The summed E-state index contributed by atoms with van der Waals surface area (Å²) in [6, 6.07) is 7.63. The molecule has 6 heteroatoms. The molecule has 1 fully saturated rings. The minimum Gasteiger partial charge on any atom is -0.370 e. The van der Waals surface area contributed by atoms with Gasteiger partial charge in [-0.3, -0.25) is 20.3 Å². The average Bonchev–Trinajstić information content (AvgIpc) is 3.27. The summed E-state index contributed by atoms with van der Waals surface area (Å²) in [6.07, 6.45) is 1.92. The van der Waals surface area contributed by atoms with E-state index in [1.807, 2.05) is 36.1 Å². The maximum absolute atomic E-state index is 12.9. The second-order valence-electron chi connectivity index (χ2n) is 7.02. The van der Waals surface area contributed by atoms with Crippen molar-refractivity contribution in [2.24, 2.45) is 11.1 Å². The second kappa shape index (κ2) is 4.81. The van der Waals surface area contributed by atoms with Crippen LogP contribution in [0.5, 0.6) is 0 Å². The van der Waals surface area contributed by atoms with E-state index in [-0.39, 0.29) is 23.8 Å². The van der Waals surface area contributed by atoms with Gasteiger partial charge in [0.15, 0.2) is 5.96 Å². The van der Waals surface area contributed by atoms with Gasteiger partial charge in [0.2, 0.25) is 5.91 Å². The molecule has 0 bridgehead atoms. The zero-order chi connectivity index (χ0) is 17.0. The van der Waals surface area contributed by atoms with Gasteiger partial charge in [-0.1, -0.05) is 18.2 Å².